The van der Waals surface area contributed by atoms with E-state index in [9.17, 15) is 5.11 Å². The molecule has 0 aliphatic rings. The Labute approximate surface area is 133 Å². The minimum Gasteiger partial charge on any atom is -0.496 e. The number of halogens is 1. The Morgan fingerprint density at radius 2 is 1.67 bits per heavy atom. The highest BCUT2D eigenvalue weighted by Crippen LogP contribution is 2.36. The van der Waals surface area contributed by atoms with Crippen LogP contribution in [-0.2, 0) is 0 Å². The van der Waals surface area contributed by atoms with Crippen molar-refractivity contribution in [3.05, 3.63) is 58.1 Å². The predicted octanol–water partition coefficient (Wildman–Crippen LogP) is 4.33. The molecule has 2 aromatic rings. The fourth-order valence-electron chi connectivity index (χ4n) is 2.15. The van der Waals surface area contributed by atoms with Crippen molar-refractivity contribution >= 4 is 15.9 Å². The molecule has 3 nitrogen and oxygen atoms in total. The molecule has 0 bridgehead atoms. The van der Waals surface area contributed by atoms with Crippen LogP contribution in [0.5, 0.6) is 11.5 Å². The maximum absolute atomic E-state index is 10.7. The molecule has 1 unspecified atom stereocenters. The molecule has 0 aliphatic heterocycles. The van der Waals surface area contributed by atoms with Gasteiger partial charge in [0.1, 0.15) is 17.6 Å². The molecule has 0 aromatic heterocycles. The molecule has 112 valence electrons. The van der Waals surface area contributed by atoms with E-state index in [0.29, 0.717) is 17.1 Å². The third-order valence-electron chi connectivity index (χ3n) is 3.07. The highest BCUT2D eigenvalue weighted by Gasteiger charge is 2.19. The zero-order valence-electron chi connectivity index (χ0n) is 12.3. The van der Waals surface area contributed by atoms with Gasteiger partial charge in [0.05, 0.1) is 13.2 Å². The van der Waals surface area contributed by atoms with Crippen LogP contribution in [0.4, 0.5) is 0 Å². The van der Waals surface area contributed by atoms with Crippen LogP contribution in [0, 0.1) is 0 Å². The number of methoxy groups -OCH3 is 1. The number of benzene rings is 2. The van der Waals surface area contributed by atoms with Crippen molar-refractivity contribution in [1.29, 1.82) is 0 Å². The summed E-state index contributed by atoms with van der Waals surface area (Å²) in [5.74, 6) is 1.32. The molecule has 0 saturated heterocycles. The Balaban J connectivity index is 2.42. The lowest BCUT2D eigenvalue weighted by Gasteiger charge is -2.20. The van der Waals surface area contributed by atoms with Crippen LogP contribution < -0.4 is 9.47 Å². The molecule has 0 spiro atoms. The third kappa shape index (κ3) is 3.77. The summed E-state index contributed by atoms with van der Waals surface area (Å²) >= 11 is 3.40. The molecule has 0 aliphatic carbocycles. The minimum atomic E-state index is -0.803. The zero-order chi connectivity index (χ0) is 15.4. The molecule has 1 N–H and O–H groups in total. The Hall–Kier alpha value is -1.52. The summed E-state index contributed by atoms with van der Waals surface area (Å²) in [6.45, 7) is 3.92. The Morgan fingerprint density at radius 3 is 2.33 bits per heavy atom. The third-order valence-corrected chi connectivity index (χ3v) is 3.56. The number of aliphatic hydroxyl groups excluding tert-OH is 1. The van der Waals surface area contributed by atoms with Gasteiger partial charge in [0, 0.05) is 15.6 Å². The van der Waals surface area contributed by atoms with E-state index < -0.39 is 6.10 Å². The van der Waals surface area contributed by atoms with Crippen LogP contribution in [0.3, 0.4) is 0 Å². The van der Waals surface area contributed by atoms with Gasteiger partial charge >= 0.3 is 0 Å². The standard InChI is InChI=1S/C17H19BrO3/c1-11(2)21-15-7-5-4-6-13(15)17(19)14-9-8-12(18)10-16(14)20-3/h4-11,17,19H,1-3H3. The van der Waals surface area contributed by atoms with Gasteiger partial charge in [-0.05, 0) is 32.0 Å². The molecule has 2 rings (SSSR count). The summed E-state index contributed by atoms with van der Waals surface area (Å²) in [5.41, 5.74) is 1.44. The van der Waals surface area contributed by atoms with Gasteiger partial charge in [0.15, 0.2) is 0 Å². The first kappa shape index (κ1) is 15.9. The van der Waals surface area contributed by atoms with Gasteiger partial charge in [-0.15, -0.1) is 0 Å². The van der Waals surface area contributed by atoms with Crippen LogP contribution >= 0.6 is 15.9 Å². The lowest BCUT2D eigenvalue weighted by Crippen LogP contribution is -2.10. The van der Waals surface area contributed by atoms with E-state index in [-0.39, 0.29) is 6.10 Å². The molecule has 0 fully saturated rings. The second-order valence-electron chi connectivity index (χ2n) is 4.99. The van der Waals surface area contributed by atoms with Crippen LogP contribution in [-0.4, -0.2) is 18.3 Å². The maximum Gasteiger partial charge on any atom is 0.126 e. The molecule has 0 amide bonds. The highest BCUT2D eigenvalue weighted by atomic mass is 79.9. The molecule has 0 radical (unpaired) electrons. The van der Waals surface area contributed by atoms with E-state index in [0.717, 1.165) is 10.0 Å². The number of para-hydroxylation sites is 1. The molecular weight excluding hydrogens is 332 g/mol. The van der Waals surface area contributed by atoms with Gasteiger partial charge in [-0.1, -0.05) is 40.2 Å². The number of hydrogen-bond acceptors (Lipinski definition) is 3. The molecule has 21 heavy (non-hydrogen) atoms. The Bertz CT molecular complexity index is 611. The Morgan fingerprint density at radius 1 is 1.00 bits per heavy atom. The summed E-state index contributed by atoms with van der Waals surface area (Å²) in [5, 5.41) is 10.7. The fraction of sp³-hybridized carbons (Fsp3) is 0.294. The van der Waals surface area contributed by atoms with Crippen molar-refractivity contribution in [2.75, 3.05) is 7.11 Å². The van der Waals surface area contributed by atoms with Gasteiger partial charge < -0.3 is 14.6 Å². The molecule has 0 saturated carbocycles. The van der Waals surface area contributed by atoms with E-state index in [4.69, 9.17) is 9.47 Å². The van der Waals surface area contributed by atoms with Gasteiger partial charge in [0.25, 0.3) is 0 Å². The SMILES string of the molecule is COc1cc(Br)ccc1C(O)c1ccccc1OC(C)C. The summed E-state index contributed by atoms with van der Waals surface area (Å²) in [4.78, 5) is 0. The van der Waals surface area contributed by atoms with Crippen molar-refractivity contribution in [3.8, 4) is 11.5 Å². The molecule has 1 atom stereocenters. The first-order chi connectivity index (χ1) is 10.0. The topological polar surface area (TPSA) is 38.7 Å². The van der Waals surface area contributed by atoms with Crippen molar-refractivity contribution in [2.24, 2.45) is 0 Å². The van der Waals surface area contributed by atoms with Crippen molar-refractivity contribution in [3.63, 3.8) is 0 Å². The van der Waals surface area contributed by atoms with Crippen LogP contribution in [0.25, 0.3) is 0 Å². The maximum atomic E-state index is 10.7. The molecule has 0 heterocycles. The fourth-order valence-corrected chi connectivity index (χ4v) is 2.49. The van der Waals surface area contributed by atoms with E-state index in [2.05, 4.69) is 15.9 Å². The van der Waals surface area contributed by atoms with Crippen LogP contribution in [0.2, 0.25) is 0 Å². The zero-order valence-corrected chi connectivity index (χ0v) is 13.9. The molecular formula is C17H19BrO3. The second kappa shape index (κ2) is 6.96. The van der Waals surface area contributed by atoms with E-state index in [1.807, 2.05) is 56.3 Å². The monoisotopic (exact) mass is 350 g/mol. The number of ether oxygens (including phenoxy) is 2. The van der Waals surface area contributed by atoms with E-state index >= 15 is 0 Å². The smallest absolute Gasteiger partial charge is 0.126 e. The van der Waals surface area contributed by atoms with Gasteiger partial charge in [-0.2, -0.15) is 0 Å². The summed E-state index contributed by atoms with van der Waals surface area (Å²) in [7, 11) is 1.59. The lowest BCUT2D eigenvalue weighted by molar-refractivity contribution is 0.195. The molecule has 4 heteroatoms. The Kier molecular flexibility index (Phi) is 5.26. The summed E-state index contributed by atoms with van der Waals surface area (Å²) in [6.07, 6.45) is -0.756. The van der Waals surface area contributed by atoms with Crippen LogP contribution in [0.1, 0.15) is 31.1 Å². The van der Waals surface area contributed by atoms with Gasteiger partial charge in [0.2, 0.25) is 0 Å². The first-order valence-corrected chi connectivity index (χ1v) is 7.59. The number of hydrogen-bond donors (Lipinski definition) is 1. The van der Waals surface area contributed by atoms with Crippen molar-refractivity contribution < 1.29 is 14.6 Å². The summed E-state index contributed by atoms with van der Waals surface area (Å²) < 4.78 is 12.0. The highest BCUT2D eigenvalue weighted by molar-refractivity contribution is 9.10. The number of aliphatic hydroxyl groups is 1. The van der Waals surface area contributed by atoms with Crippen molar-refractivity contribution in [1.82, 2.24) is 0 Å². The lowest BCUT2D eigenvalue weighted by atomic mass is 10.00. The van der Waals surface area contributed by atoms with Crippen LogP contribution in [0.15, 0.2) is 46.9 Å². The first-order valence-electron chi connectivity index (χ1n) is 6.80. The van der Waals surface area contributed by atoms with Crippen molar-refractivity contribution in [2.45, 2.75) is 26.1 Å². The largest absolute Gasteiger partial charge is 0.496 e. The predicted molar refractivity (Wildman–Crippen MR) is 87.0 cm³/mol. The average Bonchev–Trinajstić information content (AvgIpc) is 2.46. The normalized spacial score (nSPS) is 12.3. The van der Waals surface area contributed by atoms with E-state index in [1.54, 1.807) is 7.11 Å². The quantitative estimate of drug-likeness (QED) is 0.872. The van der Waals surface area contributed by atoms with Gasteiger partial charge in [-0.25, -0.2) is 0 Å². The molecule has 2 aromatic carbocycles. The van der Waals surface area contributed by atoms with Gasteiger partial charge in [-0.3, -0.25) is 0 Å². The average molecular weight is 351 g/mol. The number of rotatable bonds is 5. The second-order valence-corrected chi connectivity index (χ2v) is 5.91. The van der Waals surface area contributed by atoms with E-state index in [1.165, 1.54) is 0 Å². The minimum absolute atomic E-state index is 0.0464. The summed E-state index contributed by atoms with van der Waals surface area (Å²) in [6, 6.07) is 13.1.